The highest BCUT2D eigenvalue weighted by molar-refractivity contribution is 5.48. The first-order valence-corrected chi connectivity index (χ1v) is 7.47. The number of nitrogens with zero attached hydrogens (tertiary/aromatic N) is 4. The number of nitrogens with two attached hydrogens (primary N) is 1. The van der Waals surface area contributed by atoms with Crippen LogP contribution in [0.2, 0.25) is 0 Å². The minimum Gasteiger partial charge on any atom is -0.358 e. The maximum absolute atomic E-state index is 5.48. The molecule has 1 fully saturated rings. The number of aryl methyl sites for hydroxylation is 1. The van der Waals surface area contributed by atoms with Gasteiger partial charge in [0.05, 0.1) is 0 Å². The Kier molecular flexibility index (Phi) is 5.14. The van der Waals surface area contributed by atoms with Crippen molar-refractivity contribution < 1.29 is 0 Å². The van der Waals surface area contributed by atoms with Crippen molar-refractivity contribution in [2.75, 3.05) is 37.0 Å². The highest BCUT2D eigenvalue weighted by Crippen LogP contribution is 2.20. The molecule has 2 heterocycles. The van der Waals surface area contributed by atoms with Gasteiger partial charge in [-0.15, -0.1) is 0 Å². The number of nitrogen functional groups attached to an aromatic ring is 1. The summed E-state index contributed by atoms with van der Waals surface area (Å²) in [5.74, 6) is 7.92. The molecule has 0 aromatic carbocycles. The summed E-state index contributed by atoms with van der Waals surface area (Å²) in [6.45, 7) is 7.62. The minimum atomic E-state index is 0.624. The average Bonchev–Trinajstić information content (AvgIpc) is 2.93. The Balaban J connectivity index is 2.10. The Morgan fingerprint density at radius 3 is 2.90 bits per heavy atom. The lowest BCUT2D eigenvalue weighted by molar-refractivity contribution is 0.270. The van der Waals surface area contributed by atoms with Crippen LogP contribution in [0.25, 0.3) is 0 Å². The van der Waals surface area contributed by atoms with Crippen molar-refractivity contribution in [3.8, 4) is 0 Å². The third-order valence-electron chi connectivity index (χ3n) is 4.00. The maximum Gasteiger partial charge on any atom is 0.145 e. The number of hydrazine groups is 1. The van der Waals surface area contributed by atoms with Crippen LogP contribution < -0.4 is 16.2 Å². The first-order chi connectivity index (χ1) is 9.67. The predicted octanol–water partition coefficient (Wildman–Crippen LogP) is 1.25. The molecule has 0 radical (unpaired) electrons. The molecule has 20 heavy (non-hydrogen) atoms. The van der Waals surface area contributed by atoms with Gasteiger partial charge in [-0.1, -0.05) is 13.8 Å². The van der Waals surface area contributed by atoms with Gasteiger partial charge in [0.25, 0.3) is 0 Å². The van der Waals surface area contributed by atoms with Crippen molar-refractivity contribution in [3.05, 3.63) is 11.9 Å². The van der Waals surface area contributed by atoms with Gasteiger partial charge in [0.1, 0.15) is 17.5 Å². The summed E-state index contributed by atoms with van der Waals surface area (Å²) in [5, 5.41) is 0. The second-order valence-corrected chi connectivity index (χ2v) is 5.33. The quantitative estimate of drug-likeness (QED) is 0.603. The number of rotatable bonds is 6. The third-order valence-corrected chi connectivity index (χ3v) is 4.00. The van der Waals surface area contributed by atoms with Crippen LogP contribution in [0.4, 0.5) is 11.6 Å². The molecule has 6 nitrogen and oxygen atoms in total. The standard InChI is InChI=1S/C14H26N6/c1-4-12-16-13(18-15)9-14(17-12)19(3)10-11-7-6-8-20(11)5-2/h9,11H,4-8,10,15H2,1-3H3,(H,16,17,18). The van der Waals surface area contributed by atoms with Crippen molar-refractivity contribution >= 4 is 11.6 Å². The number of hydrogen-bond acceptors (Lipinski definition) is 6. The van der Waals surface area contributed by atoms with Crippen LogP contribution in [-0.2, 0) is 6.42 Å². The summed E-state index contributed by atoms with van der Waals surface area (Å²) in [7, 11) is 2.09. The lowest BCUT2D eigenvalue weighted by Crippen LogP contribution is -2.39. The molecule has 0 saturated carbocycles. The van der Waals surface area contributed by atoms with E-state index in [4.69, 9.17) is 5.84 Å². The molecule has 1 aliphatic heterocycles. The molecule has 0 amide bonds. The second kappa shape index (κ2) is 6.85. The lowest BCUT2D eigenvalue weighted by atomic mass is 10.2. The molecule has 1 saturated heterocycles. The van der Waals surface area contributed by atoms with Crippen LogP contribution >= 0.6 is 0 Å². The van der Waals surface area contributed by atoms with Crippen LogP contribution in [-0.4, -0.2) is 47.6 Å². The zero-order valence-corrected chi connectivity index (χ0v) is 12.8. The topological polar surface area (TPSA) is 70.3 Å². The van der Waals surface area contributed by atoms with E-state index in [9.17, 15) is 0 Å². The largest absolute Gasteiger partial charge is 0.358 e. The molecule has 1 aromatic heterocycles. The van der Waals surface area contributed by atoms with Gasteiger partial charge in [-0.2, -0.15) is 0 Å². The van der Waals surface area contributed by atoms with E-state index in [-0.39, 0.29) is 0 Å². The van der Waals surface area contributed by atoms with E-state index in [1.807, 2.05) is 6.07 Å². The summed E-state index contributed by atoms with van der Waals surface area (Å²) < 4.78 is 0. The van der Waals surface area contributed by atoms with Gasteiger partial charge in [-0.25, -0.2) is 15.8 Å². The van der Waals surface area contributed by atoms with Gasteiger partial charge in [0.15, 0.2) is 0 Å². The van der Waals surface area contributed by atoms with E-state index < -0.39 is 0 Å². The van der Waals surface area contributed by atoms with Gasteiger partial charge < -0.3 is 10.3 Å². The molecule has 3 N–H and O–H groups in total. The van der Waals surface area contributed by atoms with Crippen LogP contribution in [0.1, 0.15) is 32.5 Å². The minimum absolute atomic E-state index is 0.624. The van der Waals surface area contributed by atoms with Crippen LogP contribution in [0, 0.1) is 0 Å². The van der Waals surface area contributed by atoms with Gasteiger partial charge in [0.2, 0.25) is 0 Å². The van der Waals surface area contributed by atoms with Crippen LogP contribution in [0.15, 0.2) is 6.07 Å². The molecule has 2 rings (SSSR count). The lowest BCUT2D eigenvalue weighted by Gasteiger charge is -2.28. The molecule has 1 unspecified atom stereocenters. The van der Waals surface area contributed by atoms with Crippen molar-refractivity contribution in [1.82, 2.24) is 14.9 Å². The Morgan fingerprint density at radius 2 is 2.25 bits per heavy atom. The van der Waals surface area contributed by atoms with E-state index in [1.54, 1.807) is 0 Å². The summed E-state index contributed by atoms with van der Waals surface area (Å²) in [6.07, 6.45) is 3.37. The highest BCUT2D eigenvalue weighted by Gasteiger charge is 2.24. The highest BCUT2D eigenvalue weighted by atomic mass is 15.3. The number of nitrogens with one attached hydrogen (secondary N) is 1. The molecule has 0 bridgehead atoms. The summed E-state index contributed by atoms with van der Waals surface area (Å²) in [6, 6.07) is 2.53. The maximum atomic E-state index is 5.48. The third kappa shape index (κ3) is 3.37. The fraction of sp³-hybridized carbons (Fsp3) is 0.714. The van der Waals surface area contributed by atoms with Crippen LogP contribution in [0.5, 0.6) is 0 Å². The molecular formula is C14H26N6. The van der Waals surface area contributed by atoms with Gasteiger partial charge in [-0.3, -0.25) is 4.90 Å². The molecule has 1 atom stereocenters. The van der Waals surface area contributed by atoms with E-state index in [2.05, 4.69) is 46.1 Å². The molecule has 6 heteroatoms. The van der Waals surface area contributed by atoms with Crippen molar-refractivity contribution in [2.45, 2.75) is 39.2 Å². The van der Waals surface area contributed by atoms with E-state index in [0.717, 1.165) is 31.2 Å². The van der Waals surface area contributed by atoms with Crippen molar-refractivity contribution in [1.29, 1.82) is 0 Å². The van der Waals surface area contributed by atoms with Crippen molar-refractivity contribution in [3.63, 3.8) is 0 Å². The first-order valence-electron chi connectivity index (χ1n) is 7.47. The Bertz CT molecular complexity index is 413. The van der Waals surface area contributed by atoms with Gasteiger partial charge in [0, 0.05) is 32.1 Å². The first kappa shape index (κ1) is 15.0. The fourth-order valence-electron chi connectivity index (χ4n) is 2.84. The Labute approximate surface area is 121 Å². The zero-order chi connectivity index (χ0) is 14.5. The van der Waals surface area contributed by atoms with E-state index in [0.29, 0.717) is 11.9 Å². The number of likely N-dealkylation sites (tertiary alicyclic amines) is 1. The van der Waals surface area contributed by atoms with Crippen LogP contribution in [0.3, 0.4) is 0 Å². The predicted molar refractivity (Wildman–Crippen MR) is 82.8 cm³/mol. The number of likely N-dealkylation sites (N-methyl/N-ethyl adjacent to an activating group) is 2. The van der Waals surface area contributed by atoms with E-state index >= 15 is 0 Å². The summed E-state index contributed by atoms with van der Waals surface area (Å²) >= 11 is 0. The average molecular weight is 278 g/mol. The van der Waals surface area contributed by atoms with Crippen molar-refractivity contribution in [2.24, 2.45) is 5.84 Å². The van der Waals surface area contributed by atoms with Gasteiger partial charge in [-0.05, 0) is 25.9 Å². The monoisotopic (exact) mass is 278 g/mol. The SMILES string of the molecule is CCc1nc(NN)cc(N(C)CC2CCCN2CC)n1. The molecule has 1 aliphatic rings. The Morgan fingerprint density at radius 1 is 1.45 bits per heavy atom. The fourth-order valence-corrected chi connectivity index (χ4v) is 2.84. The summed E-state index contributed by atoms with van der Waals surface area (Å²) in [4.78, 5) is 13.7. The number of hydrogen-bond donors (Lipinski definition) is 2. The molecular weight excluding hydrogens is 252 g/mol. The second-order valence-electron chi connectivity index (χ2n) is 5.33. The smallest absolute Gasteiger partial charge is 0.145 e. The van der Waals surface area contributed by atoms with E-state index in [1.165, 1.54) is 19.4 Å². The van der Waals surface area contributed by atoms with Gasteiger partial charge >= 0.3 is 0 Å². The Hall–Kier alpha value is -1.40. The summed E-state index contributed by atoms with van der Waals surface area (Å²) in [5.41, 5.74) is 2.62. The molecule has 1 aromatic rings. The zero-order valence-electron chi connectivity index (χ0n) is 12.8. The number of aromatic nitrogens is 2. The molecule has 112 valence electrons. The normalized spacial score (nSPS) is 19.3. The molecule has 0 aliphatic carbocycles. The number of anilines is 2. The molecule has 0 spiro atoms.